The molecule has 0 aromatic heterocycles. The Hall–Kier alpha value is -4.07. The number of likely N-dealkylation sites (N-methyl/N-ethyl adjacent to an activating group) is 1. The van der Waals surface area contributed by atoms with Crippen molar-refractivity contribution in [2.75, 3.05) is 18.9 Å². The first-order valence-corrected chi connectivity index (χ1v) is 21.5. The lowest BCUT2D eigenvalue weighted by molar-refractivity contribution is -0.252. The van der Waals surface area contributed by atoms with Crippen LogP contribution in [0.4, 0.5) is 5.69 Å². The highest BCUT2D eigenvalue weighted by molar-refractivity contribution is 6.02. The van der Waals surface area contributed by atoms with Gasteiger partial charge in [-0.25, -0.2) is 0 Å². The van der Waals surface area contributed by atoms with E-state index in [1.807, 2.05) is 36.4 Å². The second-order valence-electron chi connectivity index (χ2n) is 16.0. The number of benzene rings is 5. The summed E-state index contributed by atoms with van der Waals surface area (Å²) in [5.74, 6) is 0.0537. The summed E-state index contributed by atoms with van der Waals surface area (Å²) in [5.41, 5.74) is 4.90. The van der Waals surface area contributed by atoms with E-state index in [2.05, 4.69) is 90.9 Å². The normalized spacial score (nSPS) is 17.2. The third-order valence-electron chi connectivity index (χ3n) is 11.4. The smallest absolute Gasteiger partial charge is 0.224 e. The molecule has 5 aromatic carbocycles. The van der Waals surface area contributed by atoms with Gasteiger partial charge in [0.1, 0.15) is 0 Å². The number of rotatable bonds is 22. The van der Waals surface area contributed by atoms with Crippen molar-refractivity contribution >= 4 is 33.1 Å². The molecule has 2 N–H and O–H groups in total. The van der Waals surface area contributed by atoms with Crippen LogP contribution in [0, 0.1) is 0 Å². The summed E-state index contributed by atoms with van der Waals surface area (Å²) in [5, 5.41) is 17.9. The number of carbonyl (C=O) groups is 1. The highest BCUT2D eigenvalue weighted by atomic mass is 16.7. The molecule has 0 aliphatic carbocycles. The van der Waals surface area contributed by atoms with Crippen LogP contribution in [0.3, 0.4) is 0 Å². The summed E-state index contributed by atoms with van der Waals surface area (Å²) in [6.45, 7) is 3.78. The molecule has 1 heterocycles. The molecule has 0 radical (unpaired) electrons. The van der Waals surface area contributed by atoms with Gasteiger partial charge in [-0.05, 0) is 69.9 Å². The molecular weight excluding hydrogens is 693 g/mol. The van der Waals surface area contributed by atoms with Crippen LogP contribution in [0.5, 0.6) is 0 Å². The maximum Gasteiger partial charge on any atom is 0.224 e. The standard InChI is InChI=1S/C50H64N2O4/c1-3-4-5-6-7-8-9-10-11-12-13-14-15-27-49(54)51-43-24-20-23-42(33-43)50-55-44(34-48(56-50)39-30-28-38(37-53)29-31-39)35-52(2)36-47-45-25-18-16-21-40(45)32-41-22-17-19-26-46(41)47/h16-26,28-33,44,48,50,53H,3-15,27,34-37H2,1-2H3,(H,51,54). The van der Waals surface area contributed by atoms with E-state index in [0.29, 0.717) is 12.8 Å². The van der Waals surface area contributed by atoms with E-state index < -0.39 is 6.29 Å². The zero-order valence-corrected chi connectivity index (χ0v) is 33.9. The predicted molar refractivity (Wildman–Crippen MR) is 232 cm³/mol. The second kappa shape index (κ2) is 22.0. The minimum atomic E-state index is -0.596. The average molecular weight is 757 g/mol. The van der Waals surface area contributed by atoms with E-state index in [0.717, 1.165) is 48.3 Å². The summed E-state index contributed by atoms with van der Waals surface area (Å²) >= 11 is 0. The van der Waals surface area contributed by atoms with Crippen molar-refractivity contribution in [2.45, 2.75) is 135 Å². The van der Waals surface area contributed by atoms with E-state index in [1.54, 1.807) is 0 Å². The summed E-state index contributed by atoms with van der Waals surface area (Å²) in [4.78, 5) is 15.3. The third-order valence-corrected chi connectivity index (χ3v) is 11.4. The minimum absolute atomic E-state index is 0.00563. The number of amides is 1. The van der Waals surface area contributed by atoms with E-state index >= 15 is 0 Å². The van der Waals surface area contributed by atoms with E-state index in [-0.39, 0.29) is 24.7 Å². The Morgan fingerprint density at radius 3 is 1.93 bits per heavy atom. The van der Waals surface area contributed by atoms with Gasteiger partial charge in [0.05, 0.1) is 18.8 Å². The lowest BCUT2D eigenvalue weighted by Crippen LogP contribution is -2.37. The first-order chi connectivity index (χ1) is 27.5. The molecular formula is C50H64N2O4. The molecule has 1 aliphatic heterocycles. The number of aliphatic hydroxyl groups excluding tert-OH is 1. The fourth-order valence-electron chi connectivity index (χ4n) is 8.28. The molecule has 1 amide bonds. The van der Waals surface area contributed by atoms with E-state index in [4.69, 9.17) is 9.47 Å². The third kappa shape index (κ3) is 12.2. The highest BCUT2D eigenvalue weighted by Gasteiger charge is 2.33. The van der Waals surface area contributed by atoms with Gasteiger partial charge in [-0.2, -0.15) is 0 Å². The molecule has 1 aliphatic rings. The van der Waals surface area contributed by atoms with Crippen LogP contribution in [0.15, 0.2) is 103 Å². The Balaban J connectivity index is 1.04. The van der Waals surface area contributed by atoms with Crippen LogP contribution < -0.4 is 5.32 Å². The zero-order valence-electron chi connectivity index (χ0n) is 33.9. The Morgan fingerprint density at radius 2 is 1.30 bits per heavy atom. The first-order valence-electron chi connectivity index (χ1n) is 21.5. The van der Waals surface area contributed by atoms with Crippen molar-refractivity contribution in [3.8, 4) is 0 Å². The van der Waals surface area contributed by atoms with Crippen LogP contribution in [0.2, 0.25) is 0 Å². The molecule has 0 saturated carbocycles. The quantitative estimate of drug-likeness (QED) is 0.0543. The highest BCUT2D eigenvalue weighted by Crippen LogP contribution is 2.39. The average Bonchev–Trinajstić information content (AvgIpc) is 3.22. The number of fused-ring (bicyclic) bond motifs is 2. The minimum Gasteiger partial charge on any atom is -0.392 e. The summed E-state index contributed by atoms with van der Waals surface area (Å²) in [7, 11) is 2.17. The lowest BCUT2D eigenvalue weighted by atomic mass is 9.96. The van der Waals surface area contributed by atoms with Crippen LogP contribution in [0.25, 0.3) is 21.5 Å². The predicted octanol–water partition coefficient (Wildman–Crippen LogP) is 12.6. The molecule has 6 heteroatoms. The topological polar surface area (TPSA) is 71.0 Å². The number of hydrogen-bond acceptors (Lipinski definition) is 5. The van der Waals surface area contributed by atoms with Crippen LogP contribution in [0.1, 0.15) is 138 Å². The zero-order chi connectivity index (χ0) is 39.0. The largest absolute Gasteiger partial charge is 0.392 e. The van der Waals surface area contributed by atoms with Crippen molar-refractivity contribution in [3.05, 3.63) is 125 Å². The van der Waals surface area contributed by atoms with Crippen LogP contribution in [-0.2, 0) is 27.4 Å². The fraction of sp³-hybridized carbons (Fsp3) is 0.460. The van der Waals surface area contributed by atoms with Gasteiger partial charge < -0.3 is 19.9 Å². The molecule has 6 rings (SSSR count). The number of anilines is 1. The maximum atomic E-state index is 13.0. The number of carbonyl (C=O) groups excluding carboxylic acids is 1. The van der Waals surface area contributed by atoms with Gasteiger partial charge in [0.15, 0.2) is 6.29 Å². The van der Waals surface area contributed by atoms with Gasteiger partial charge in [0.2, 0.25) is 5.91 Å². The summed E-state index contributed by atoms with van der Waals surface area (Å²) in [6, 6.07) is 35.5. The van der Waals surface area contributed by atoms with Crippen LogP contribution in [-0.4, -0.2) is 35.6 Å². The molecule has 56 heavy (non-hydrogen) atoms. The Kier molecular flexibility index (Phi) is 16.3. The lowest BCUT2D eigenvalue weighted by Gasteiger charge is -2.38. The molecule has 0 spiro atoms. The Bertz CT molecular complexity index is 1890. The molecule has 298 valence electrons. The Morgan fingerprint density at radius 1 is 0.696 bits per heavy atom. The van der Waals surface area contributed by atoms with Crippen molar-refractivity contribution < 1.29 is 19.4 Å². The van der Waals surface area contributed by atoms with Crippen molar-refractivity contribution in [3.63, 3.8) is 0 Å². The molecule has 1 saturated heterocycles. The number of unbranched alkanes of at least 4 members (excludes halogenated alkanes) is 12. The number of hydrogen-bond donors (Lipinski definition) is 2. The second-order valence-corrected chi connectivity index (χ2v) is 16.0. The number of aliphatic hydroxyl groups is 1. The van der Waals surface area contributed by atoms with Gasteiger partial charge in [-0.15, -0.1) is 0 Å². The molecule has 6 nitrogen and oxygen atoms in total. The Labute approximate surface area is 335 Å². The monoisotopic (exact) mass is 756 g/mol. The number of nitrogens with one attached hydrogen (secondary N) is 1. The van der Waals surface area contributed by atoms with Gasteiger partial charge in [0.25, 0.3) is 0 Å². The molecule has 1 fully saturated rings. The van der Waals surface area contributed by atoms with Crippen LogP contribution >= 0.6 is 0 Å². The molecule has 3 unspecified atom stereocenters. The van der Waals surface area contributed by atoms with Gasteiger partial charge in [-0.1, -0.05) is 169 Å². The molecule has 3 atom stereocenters. The first kappa shape index (κ1) is 41.6. The summed E-state index contributed by atoms with van der Waals surface area (Å²) < 4.78 is 13.4. The van der Waals surface area contributed by atoms with Gasteiger partial charge >= 0.3 is 0 Å². The van der Waals surface area contributed by atoms with Crippen molar-refractivity contribution in [1.82, 2.24) is 4.90 Å². The maximum absolute atomic E-state index is 13.0. The SMILES string of the molecule is CCCCCCCCCCCCCCCC(=O)Nc1cccc(C2OC(CN(C)Cc3c4ccccc4cc4ccccc34)CC(c3ccc(CO)cc3)O2)c1. The van der Waals surface area contributed by atoms with Gasteiger partial charge in [0, 0.05) is 37.2 Å². The van der Waals surface area contributed by atoms with Gasteiger partial charge in [-0.3, -0.25) is 9.69 Å². The summed E-state index contributed by atoms with van der Waals surface area (Å²) in [6.07, 6.45) is 17.1. The van der Waals surface area contributed by atoms with Crippen molar-refractivity contribution in [2.24, 2.45) is 0 Å². The van der Waals surface area contributed by atoms with Crippen molar-refractivity contribution in [1.29, 1.82) is 0 Å². The molecule has 0 bridgehead atoms. The van der Waals surface area contributed by atoms with E-state index in [1.165, 1.54) is 97.7 Å². The fourth-order valence-corrected chi connectivity index (χ4v) is 8.28. The molecule has 5 aromatic rings. The van der Waals surface area contributed by atoms with E-state index in [9.17, 15) is 9.90 Å². The number of nitrogens with zero attached hydrogens (tertiary/aromatic N) is 1. The number of ether oxygens (including phenoxy) is 2.